The van der Waals surface area contributed by atoms with Gasteiger partial charge in [0.15, 0.2) is 0 Å². The molecule has 314 valence electrons. The van der Waals surface area contributed by atoms with Crippen LogP contribution in [0.15, 0.2) is 48.5 Å². The molecule has 2 fully saturated rings. The van der Waals surface area contributed by atoms with Gasteiger partial charge in [-0.3, -0.25) is 9.59 Å². The second-order valence-electron chi connectivity index (χ2n) is 16.8. The van der Waals surface area contributed by atoms with Crippen LogP contribution in [0.1, 0.15) is 112 Å². The number of H-pyrrole nitrogens is 2. The summed E-state index contributed by atoms with van der Waals surface area (Å²) in [6.07, 6.45) is 10.4. The van der Waals surface area contributed by atoms with E-state index in [0.717, 1.165) is 133 Å². The summed E-state index contributed by atoms with van der Waals surface area (Å²) in [5, 5.41) is 5.59. The Morgan fingerprint density at radius 1 is 0.583 bits per heavy atom. The number of rotatable bonds is 4. The van der Waals surface area contributed by atoms with E-state index in [-0.39, 0.29) is 23.9 Å². The van der Waals surface area contributed by atoms with E-state index >= 15 is 0 Å². The third-order valence-corrected chi connectivity index (χ3v) is 13.1. The first kappa shape index (κ1) is 39.5. The van der Waals surface area contributed by atoms with Crippen molar-refractivity contribution in [3.8, 4) is 22.3 Å². The Labute approximate surface area is 349 Å². The standard InChI is InChI=1S/C46H54N8O6/c1-59-45(57)49-33-13-7-3-5-11-29-23-31(25-35-39(29)51-41(47-35)37-15-9-21-53(37)43(33)55)27-17-19-28(20-18-27)32-24-30-12-6-4-8-14-34(50-46(58)60-2)44(56)54-22-10-16-38(54)42-48-36(26-32)40(30)52-42/h17-20,23-26,33-34,37-38H,3-16,21-22H2,1-2H3,(H,47,51)(H,48,52)(H,49,57)(H,50,58)/t33-,34-,37-,38-/m0/s1. The molecule has 4 aliphatic heterocycles. The Kier molecular flexibility index (Phi) is 11.2. The number of benzene rings is 3. The number of carbonyl (C=O) groups is 4. The first-order valence-electron chi connectivity index (χ1n) is 21.7. The molecule has 14 heteroatoms. The molecular formula is C46H54N8O6. The van der Waals surface area contributed by atoms with E-state index in [9.17, 15) is 19.2 Å². The maximum atomic E-state index is 13.8. The van der Waals surface area contributed by atoms with Crippen LogP contribution in [0.25, 0.3) is 44.3 Å². The zero-order valence-corrected chi connectivity index (χ0v) is 34.5. The van der Waals surface area contributed by atoms with Gasteiger partial charge in [0.2, 0.25) is 11.8 Å². The molecule has 0 saturated carbocycles. The van der Waals surface area contributed by atoms with Crippen LogP contribution in [-0.4, -0.2) is 93.1 Å². The number of ether oxygens (including phenoxy) is 2. The Morgan fingerprint density at radius 2 is 1.02 bits per heavy atom. The SMILES string of the molecule is COC(=O)N[C@H]1CCCCCc2cc(-c3ccc(-c4cc5c6nc([nH]c6c4)[C@@H]4CCCN4C(=O)[C@@H](NC(=O)OC)CCCCC5)cc3)cc3[nH]c(nc23)[C@@H]2CCCN2C1=O. The van der Waals surface area contributed by atoms with E-state index in [1.807, 2.05) is 9.80 Å². The quantitative estimate of drug-likeness (QED) is 0.142. The van der Waals surface area contributed by atoms with Gasteiger partial charge in [-0.2, -0.15) is 0 Å². The number of carbonyl (C=O) groups excluding carboxylic acids is 4. The lowest BCUT2D eigenvalue weighted by molar-refractivity contribution is -0.135. The summed E-state index contributed by atoms with van der Waals surface area (Å²) in [5.74, 6) is 1.42. The Morgan fingerprint density at radius 3 is 1.43 bits per heavy atom. The fourth-order valence-corrected chi connectivity index (χ4v) is 9.93. The average molecular weight is 815 g/mol. The summed E-state index contributed by atoms with van der Waals surface area (Å²) < 4.78 is 9.71. The van der Waals surface area contributed by atoms with Crippen molar-refractivity contribution in [1.29, 1.82) is 0 Å². The number of aromatic nitrogens is 4. The van der Waals surface area contributed by atoms with Gasteiger partial charge in [0.25, 0.3) is 0 Å². The number of aromatic amines is 2. The van der Waals surface area contributed by atoms with Crippen molar-refractivity contribution in [3.63, 3.8) is 0 Å². The molecule has 2 aromatic heterocycles. The lowest BCUT2D eigenvalue weighted by atomic mass is 9.95. The van der Waals surface area contributed by atoms with E-state index in [2.05, 4.69) is 69.1 Å². The van der Waals surface area contributed by atoms with Gasteiger partial charge >= 0.3 is 12.2 Å². The van der Waals surface area contributed by atoms with Crippen LogP contribution in [0.4, 0.5) is 9.59 Å². The van der Waals surface area contributed by atoms with Crippen molar-refractivity contribution in [2.75, 3.05) is 27.3 Å². The number of amides is 4. The molecule has 0 radical (unpaired) electrons. The highest BCUT2D eigenvalue weighted by Gasteiger charge is 2.38. The third kappa shape index (κ3) is 7.79. The molecule has 4 N–H and O–H groups in total. The molecule has 4 bridgehead atoms. The first-order valence-corrected chi connectivity index (χ1v) is 21.7. The number of nitrogens with one attached hydrogen (secondary N) is 4. The van der Waals surface area contributed by atoms with Crippen LogP contribution in [0.5, 0.6) is 0 Å². The highest BCUT2D eigenvalue weighted by atomic mass is 16.5. The Hall–Kier alpha value is -5.92. The summed E-state index contributed by atoms with van der Waals surface area (Å²) in [5.41, 5.74) is 10.7. The zero-order chi connectivity index (χ0) is 41.3. The highest BCUT2D eigenvalue weighted by molar-refractivity contribution is 5.90. The monoisotopic (exact) mass is 814 g/mol. The largest absolute Gasteiger partial charge is 0.453 e. The molecule has 0 spiro atoms. The summed E-state index contributed by atoms with van der Waals surface area (Å²) in [6, 6.07) is 16.0. The minimum absolute atomic E-state index is 0.0793. The van der Waals surface area contributed by atoms with Crippen molar-refractivity contribution in [2.24, 2.45) is 0 Å². The number of methoxy groups -OCH3 is 2. The van der Waals surface area contributed by atoms with Crippen LogP contribution >= 0.6 is 0 Å². The fraction of sp³-hybridized carbons (Fsp3) is 0.478. The molecule has 0 aliphatic carbocycles. The summed E-state index contributed by atoms with van der Waals surface area (Å²) >= 11 is 0. The van der Waals surface area contributed by atoms with Gasteiger partial charge in [-0.1, -0.05) is 49.9 Å². The molecule has 2 saturated heterocycles. The van der Waals surface area contributed by atoms with E-state index in [1.165, 1.54) is 25.3 Å². The number of alkyl carbamates (subject to hydrolysis) is 2. The molecule has 9 rings (SSSR count). The zero-order valence-electron chi connectivity index (χ0n) is 34.5. The summed E-state index contributed by atoms with van der Waals surface area (Å²) in [4.78, 5) is 73.3. The normalized spacial score (nSPS) is 22.6. The van der Waals surface area contributed by atoms with Gasteiger partial charge in [-0.05, 0) is 122 Å². The van der Waals surface area contributed by atoms with E-state index in [0.29, 0.717) is 25.9 Å². The van der Waals surface area contributed by atoms with Crippen molar-refractivity contribution in [3.05, 3.63) is 71.3 Å². The molecule has 4 atom stereocenters. The topological polar surface area (TPSA) is 175 Å². The van der Waals surface area contributed by atoms with Crippen LogP contribution in [0.3, 0.4) is 0 Å². The summed E-state index contributed by atoms with van der Waals surface area (Å²) in [7, 11) is 2.65. The van der Waals surface area contributed by atoms with Gasteiger partial charge < -0.3 is 39.9 Å². The number of hydrogen-bond acceptors (Lipinski definition) is 8. The first-order chi connectivity index (χ1) is 29.3. The Balaban J connectivity index is 1.01. The average Bonchev–Trinajstić information content (AvgIpc) is 4.10. The van der Waals surface area contributed by atoms with Crippen molar-refractivity contribution in [1.82, 2.24) is 40.4 Å². The molecule has 4 amide bonds. The minimum Gasteiger partial charge on any atom is -0.453 e. The maximum Gasteiger partial charge on any atom is 0.407 e. The lowest BCUT2D eigenvalue weighted by Gasteiger charge is -2.28. The minimum atomic E-state index is -0.623. The second-order valence-corrected chi connectivity index (χ2v) is 16.8. The highest BCUT2D eigenvalue weighted by Crippen LogP contribution is 2.38. The van der Waals surface area contributed by atoms with Crippen LogP contribution in [0, 0.1) is 0 Å². The van der Waals surface area contributed by atoms with Crippen LogP contribution in [-0.2, 0) is 31.9 Å². The van der Waals surface area contributed by atoms with E-state index in [4.69, 9.17) is 19.4 Å². The summed E-state index contributed by atoms with van der Waals surface area (Å²) in [6.45, 7) is 1.25. The van der Waals surface area contributed by atoms with Crippen molar-refractivity contribution < 1.29 is 28.7 Å². The number of nitrogens with zero attached hydrogens (tertiary/aromatic N) is 4. The van der Waals surface area contributed by atoms with Crippen molar-refractivity contribution >= 4 is 46.1 Å². The molecule has 6 heterocycles. The molecule has 4 aliphatic rings. The van der Waals surface area contributed by atoms with Gasteiger partial charge in [0.1, 0.15) is 23.7 Å². The van der Waals surface area contributed by atoms with Crippen molar-refractivity contribution in [2.45, 2.75) is 114 Å². The van der Waals surface area contributed by atoms with Gasteiger partial charge in [0, 0.05) is 13.1 Å². The van der Waals surface area contributed by atoms with E-state index in [1.54, 1.807) is 0 Å². The predicted octanol–water partition coefficient (Wildman–Crippen LogP) is 7.78. The molecular weight excluding hydrogens is 761 g/mol. The maximum absolute atomic E-state index is 13.8. The molecule has 60 heavy (non-hydrogen) atoms. The second kappa shape index (κ2) is 17.0. The number of imidazole rings is 2. The van der Waals surface area contributed by atoms with Gasteiger partial charge in [0.05, 0.1) is 48.4 Å². The number of hydrogen-bond donors (Lipinski definition) is 4. The van der Waals surface area contributed by atoms with Gasteiger partial charge in [-0.15, -0.1) is 0 Å². The van der Waals surface area contributed by atoms with Gasteiger partial charge in [-0.25, -0.2) is 19.6 Å². The van der Waals surface area contributed by atoms with E-state index < -0.39 is 24.3 Å². The molecule has 14 nitrogen and oxygen atoms in total. The molecule has 3 aromatic carbocycles. The van der Waals surface area contributed by atoms with Crippen LogP contribution < -0.4 is 10.6 Å². The number of aryl methyl sites for hydroxylation is 2. The Bertz CT molecular complexity index is 2260. The molecule has 0 unspecified atom stereocenters. The number of fused-ring (bicyclic) bond motifs is 6. The smallest absolute Gasteiger partial charge is 0.407 e. The third-order valence-electron chi connectivity index (χ3n) is 13.1. The molecule has 5 aromatic rings. The van der Waals surface area contributed by atoms with Crippen LogP contribution in [0.2, 0.25) is 0 Å². The lowest BCUT2D eigenvalue weighted by Crippen LogP contribution is -2.48. The fourth-order valence-electron chi connectivity index (χ4n) is 9.93. The predicted molar refractivity (Wildman–Crippen MR) is 227 cm³/mol.